The highest BCUT2D eigenvalue weighted by molar-refractivity contribution is 5.74. The molecule has 0 aromatic heterocycles. The molecule has 0 amide bonds. The second-order valence-corrected chi connectivity index (χ2v) is 2.22. The molecule has 2 N–H and O–H groups in total. The van der Waals surface area contributed by atoms with Crippen molar-refractivity contribution in [3.05, 3.63) is 10.1 Å². The molecule has 1 aliphatic rings. The lowest BCUT2D eigenvalue weighted by Gasteiger charge is -1.95. The summed E-state index contributed by atoms with van der Waals surface area (Å²) in [6.07, 6.45) is 0. The molecule has 0 aromatic carbocycles. The predicted molar refractivity (Wildman–Crippen MR) is 38.8 cm³/mol. The van der Waals surface area contributed by atoms with Crippen molar-refractivity contribution in [2.75, 3.05) is 19.6 Å². The normalized spacial score (nSPS) is 16.5. The highest BCUT2D eigenvalue weighted by Crippen LogP contribution is 1.83. The van der Waals surface area contributed by atoms with Gasteiger partial charge in [0, 0.05) is 5.43 Å². The molecule has 0 atom stereocenters. The van der Waals surface area contributed by atoms with E-state index < -0.39 is 5.03 Å². The average molecular weight is 159 g/mol. The minimum Gasteiger partial charge on any atom is -0.270 e. The third-order valence-electron chi connectivity index (χ3n) is 1.57. The van der Waals surface area contributed by atoms with Gasteiger partial charge in [0.05, 0.1) is 19.6 Å². The molecule has 1 heterocycles. The van der Waals surface area contributed by atoms with E-state index in [9.17, 15) is 10.1 Å². The van der Waals surface area contributed by atoms with E-state index in [4.69, 9.17) is 0 Å². The van der Waals surface area contributed by atoms with Crippen LogP contribution in [0.15, 0.2) is 0 Å². The summed E-state index contributed by atoms with van der Waals surface area (Å²) < 4.78 is 1.88. The summed E-state index contributed by atoms with van der Waals surface area (Å²) in [7, 11) is 0. The fourth-order valence-corrected chi connectivity index (χ4v) is 1.05. The van der Waals surface area contributed by atoms with Crippen molar-refractivity contribution < 1.29 is 9.61 Å². The van der Waals surface area contributed by atoms with Crippen LogP contribution in [0, 0.1) is 10.1 Å². The molecule has 0 fully saturated rings. The van der Waals surface area contributed by atoms with Crippen molar-refractivity contribution in [1.29, 1.82) is 0 Å². The van der Waals surface area contributed by atoms with Gasteiger partial charge in [-0.1, -0.05) is 0 Å². The first-order valence-electron chi connectivity index (χ1n) is 3.51. The first-order valence-corrected chi connectivity index (χ1v) is 3.51. The minimum absolute atomic E-state index is 0.498. The van der Waals surface area contributed by atoms with Crippen LogP contribution in [0.3, 0.4) is 0 Å². The summed E-state index contributed by atoms with van der Waals surface area (Å²) in [6.45, 7) is 4.33. The number of hydrazine groups is 1. The zero-order valence-electron chi connectivity index (χ0n) is 6.33. The number of guanidine groups is 1. The Hall–Kier alpha value is -1.33. The summed E-state index contributed by atoms with van der Waals surface area (Å²) in [5.74, 6) is 0.498. The van der Waals surface area contributed by atoms with Crippen LogP contribution in [0.25, 0.3) is 0 Å². The van der Waals surface area contributed by atoms with Gasteiger partial charge in [0.2, 0.25) is 5.03 Å². The van der Waals surface area contributed by atoms with Gasteiger partial charge >= 0.3 is 5.96 Å². The largest absolute Gasteiger partial charge is 0.408 e. The van der Waals surface area contributed by atoms with Crippen molar-refractivity contribution in [1.82, 2.24) is 10.7 Å². The molecule has 1 rings (SSSR count). The molecule has 0 radical (unpaired) electrons. The molecule has 11 heavy (non-hydrogen) atoms. The van der Waals surface area contributed by atoms with Gasteiger partial charge in [-0.3, -0.25) is 9.89 Å². The van der Waals surface area contributed by atoms with Gasteiger partial charge in [0.25, 0.3) is 0 Å². The number of hydrogen-bond acceptors (Lipinski definition) is 3. The average Bonchev–Trinajstić information content (AvgIpc) is 2.34. The molecule has 0 unspecified atom stereocenters. The molecular weight excluding hydrogens is 148 g/mol. The fourth-order valence-electron chi connectivity index (χ4n) is 1.05. The highest BCUT2D eigenvalue weighted by Gasteiger charge is 2.22. The van der Waals surface area contributed by atoms with Crippen LogP contribution in [0.2, 0.25) is 0 Å². The number of nitrogens with zero attached hydrogens (tertiary/aromatic N) is 2. The van der Waals surface area contributed by atoms with E-state index >= 15 is 0 Å². The lowest BCUT2D eigenvalue weighted by atomic mass is 10.6. The highest BCUT2D eigenvalue weighted by atomic mass is 16.7. The maximum atomic E-state index is 10.0. The third kappa shape index (κ3) is 1.79. The molecule has 0 bridgehead atoms. The number of nitro groups is 1. The lowest BCUT2D eigenvalue weighted by molar-refractivity contribution is -0.560. The second kappa shape index (κ2) is 3.18. The molecule has 0 saturated heterocycles. The summed E-state index contributed by atoms with van der Waals surface area (Å²) in [5.41, 5.74) is 2.10. The van der Waals surface area contributed by atoms with Gasteiger partial charge in [-0.15, -0.1) is 0 Å². The number of nitrogens with one attached hydrogen (secondary N) is 2. The van der Waals surface area contributed by atoms with E-state index in [1.165, 1.54) is 0 Å². The molecule has 6 nitrogen and oxygen atoms in total. The van der Waals surface area contributed by atoms with Gasteiger partial charge < -0.3 is 0 Å². The van der Waals surface area contributed by atoms with Crippen LogP contribution in [-0.2, 0) is 0 Å². The maximum Gasteiger partial charge on any atom is 0.408 e. The van der Waals surface area contributed by atoms with Gasteiger partial charge in [0.15, 0.2) is 0 Å². The van der Waals surface area contributed by atoms with E-state index in [1.54, 1.807) is 0 Å². The van der Waals surface area contributed by atoms with Crippen LogP contribution >= 0.6 is 0 Å². The monoisotopic (exact) mass is 159 g/mol. The molecule has 6 heteroatoms. The van der Waals surface area contributed by atoms with Crippen LogP contribution in [0.1, 0.15) is 6.92 Å². The Morgan fingerprint density at radius 1 is 1.91 bits per heavy atom. The Kier molecular flexibility index (Phi) is 2.25. The second-order valence-electron chi connectivity index (χ2n) is 2.22. The summed E-state index contributed by atoms with van der Waals surface area (Å²) in [6, 6.07) is 0. The number of hydrogen-bond donors (Lipinski definition) is 2. The van der Waals surface area contributed by atoms with Crippen molar-refractivity contribution >= 4 is 5.96 Å². The smallest absolute Gasteiger partial charge is 0.270 e. The van der Waals surface area contributed by atoms with Gasteiger partial charge in [-0.05, 0) is 6.92 Å². The topological polar surface area (TPSA) is 70.2 Å². The predicted octanol–water partition coefficient (Wildman–Crippen LogP) is -1.24. The van der Waals surface area contributed by atoms with Gasteiger partial charge in [-0.25, -0.2) is 10.1 Å². The van der Waals surface area contributed by atoms with Gasteiger partial charge in [-0.2, -0.15) is 0 Å². The minimum atomic E-state index is -0.559. The standard InChI is InChI=1S/C5H10N4O2/c1-2-8-4-3-6-5(8)7-9(10)11/h2-4H2,1H3,(H,6,7)/p+1. The Morgan fingerprint density at radius 3 is 3.18 bits per heavy atom. The third-order valence-corrected chi connectivity index (χ3v) is 1.57. The van der Waals surface area contributed by atoms with E-state index in [-0.39, 0.29) is 0 Å². The van der Waals surface area contributed by atoms with Crippen LogP contribution < -0.4 is 10.7 Å². The summed E-state index contributed by atoms with van der Waals surface area (Å²) in [5, 5.41) is 12.3. The van der Waals surface area contributed by atoms with Gasteiger partial charge in [0.1, 0.15) is 0 Å². The van der Waals surface area contributed by atoms with Crippen LogP contribution in [0.4, 0.5) is 0 Å². The van der Waals surface area contributed by atoms with E-state index in [0.717, 1.165) is 19.6 Å². The first-order chi connectivity index (χ1) is 5.24. The number of likely N-dealkylation sites (N-methyl/N-ethyl adjacent to an activating group) is 1. The molecular formula is C5H11N4O2+. The Bertz CT molecular complexity index is 201. The van der Waals surface area contributed by atoms with Crippen LogP contribution in [0.5, 0.6) is 0 Å². The van der Waals surface area contributed by atoms with Crippen molar-refractivity contribution in [2.24, 2.45) is 0 Å². The quantitative estimate of drug-likeness (QED) is 0.300. The maximum absolute atomic E-state index is 10.0. The Morgan fingerprint density at radius 2 is 2.64 bits per heavy atom. The zero-order valence-corrected chi connectivity index (χ0v) is 6.33. The number of rotatable bonds is 2. The fraction of sp³-hybridized carbons (Fsp3) is 0.800. The SMILES string of the molecule is CC[N+]1=C(N[N+](=O)[O-])NCC1. The van der Waals surface area contributed by atoms with Crippen molar-refractivity contribution in [3.8, 4) is 0 Å². The zero-order chi connectivity index (χ0) is 8.27. The lowest BCUT2D eigenvalue weighted by Crippen LogP contribution is -2.41. The molecule has 62 valence electrons. The molecule has 0 aromatic rings. The van der Waals surface area contributed by atoms with E-state index in [2.05, 4.69) is 10.7 Å². The Balaban J connectivity index is 2.59. The van der Waals surface area contributed by atoms with E-state index in [1.807, 2.05) is 11.5 Å². The first kappa shape index (κ1) is 7.77. The van der Waals surface area contributed by atoms with E-state index in [0.29, 0.717) is 5.96 Å². The van der Waals surface area contributed by atoms with Crippen LogP contribution in [-0.4, -0.2) is 35.2 Å². The molecule has 0 saturated carbocycles. The van der Waals surface area contributed by atoms with Crippen molar-refractivity contribution in [2.45, 2.75) is 6.92 Å². The molecule has 0 spiro atoms. The molecule has 0 aliphatic carbocycles. The molecule has 1 aliphatic heterocycles. The Labute approximate surface area is 64.0 Å². The summed E-state index contributed by atoms with van der Waals surface area (Å²) in [4.78, 5) is 10.0. The summed E-state index contributed by atoms with van der Waals surface area (Å²) >= 11 is 0. The van der Waals surface area contributed by atoms with Crippen molar-refractivity contribution in [3.63, 3.8) is 0 Å².